The van der Waals surface area contributed by atoms with Crippen molar-refractivity contribution in [2.75, 3.05) is 13.2 Å². The molecule has 2 heterocycles. The highest BCUT2D eigenvalue weighted by molar-refractivity contribution is 6.10. The van der Waals surface area contributed by atoms with Crippen LogP contribution in [0.5, 0.6) is 5.75 Å². The molecule has 166 valence electrons. The second-order valence-electron chi connectivity index (χ2n) is 7.39. The maximum absolute atomic E-state index is 11.2. The lowest BCUT2D eigenvalue weighted by atomic mass is 9.99. The van der Waals surface area contributed by atoms with Gasteiger partial charge in [0.2, 0.25) is 0 Å². The van der Waals surface area contributed by atoms with E-state index in [4.69, 9.17) is 25.1 Å². The van der Waals surface area contributed by atoms with Crippen LogP contribution in [0.2, 0.25) is 0 Å². The SMILES string of the molecule is NC[C@@H](COc1cccc2[nH]c3ccccc3c12)O[C@@H]1O[C@H](C(=O)O)[C@@H](O)[C@H](O)[C@H]1O. The summed E-state index contributed by atoms with van der Waals surface area (Å²) in [6.45, 7) is -0.0368. The molecular weight excluding hydrogens is 408 g/mol. The number of nitrogens with one attached hydrogen (secondary N) is 1. The van der Waals surface area contributed by atoms with Crippen LogP contribution in [-0.2, 0) is 14.3 Å². The predicted octanol–water partition coefficient (Wildman–Crippen LogP) is -0.0640. The number of aliphatic carboxylic acids is 1. The lowest BCUT2D eigenvalue weighted by molar-refractivity contribution is -0.304. The van der Waals surface area contributed by atoms with E-state index < -0.39 is 42.8 Å². The topological polar surface area (TPSA) is 167 Å². The van der Waals surface area contributed by atoms with E-state index in [9.17, 15) is 20.1 Å². The smallest absolute Gasteiger partial charge is 0.335 e. The molecule has 1 aliphatic rings. The van der Waals surface area contributed by atoms with Crippen LogP contribution >= 0.6 is 0 Å². The first-order valence-electron chi connectivity index (χ1n) is 9.81. The van der Waals surface area contributed by atoms with E-state index in [0.29, 0.717) is 5.75 Å². The van der Waals surface area contributed by atoms with Crippen molar-refractivity contribution in [3.05, 3.63) is 42.5 Å². The Balaban J connectivity index is 1.50. The van der Waals surface area contributed by atoms with Gasteiger partial charge in [-0.25, -0.2) is 4.79 Å². The number of carbonyl (C=O) groups is 1. The van der Waals surface area contributed by atoms with Crippen LogP contribution in [0.3, 0.4) is 0 Å². The summed E-state index contributed by atoms with van der Waals surface area (Å²) in [4.78, 5) is 14.6. The van der Waals surface area contributed by atoms with Gasteiger partial charge in [-0.2, -0.15) is 0 Å². The zero-order valence-corrected chi connectivity index (χ0v) is 16.4. The number of carboxylic acids is 1. The van der Waals surface area contributed by atoms with Gasteiger partial charge in [-0.1, -0.05) is 24.3 Å². The summed E-state index contributed by atoms with van der Waals surface area (Å²) in [5.41, 5.74) is 7.63. The van der Waals surface area contributed by atoms with E-state index in [1.807, 2.05) is 42.5 Å². The number of para-hydroxylation sites is 1. The highest BCUT2D eigenvalue weighted by atomic mass is 16.7. The molecule has 10 nitrogen and oxygen atoms in total. The summed E-state index contributed by atoms with van der Waals surface area (Å²) < 4.78 is 16.7. The fraction of sp³-hybridized carbons (Fsp3) is 0.381. The Morgan fingerprint density at radius 2 is 1.81 bits per heavy atom. The van der Waals surface area contributed by atoms with Gasteiger partial charge in [0.1, 0.15) is 36.8 Å². The normalized spacial score (nSPS) is 27.4. The van der Waals surface area contributed by atoms with E-state index in [2.05, 4.69) is 4.98 Å². The Bertz CT molecular complexity index is 1070. The Labute approximate surface area is 176 Å². The van der Waals surface area contributed by atoms with Crippen LogP contribution < -0.4 is 10.5 Å². The van der Waals surface area contributed by atoms with Gasteiger partial charge >= 0.3 is 5.97 Å². The second kappa shape index (κ2) is 8.79. The number of fused-ring (bicyclic) bond motifs is 3. The number of hydrogen-bond acceptors (Lipinski definition) is 8. The molecule has 3 aromatic rings. The van der Waals surface area contributed by atoms with E-state index in [1.165, 1.54) is 0 Å². The molecule has 7 N–H and O–H groups in total. The standard InChI is InChI=1S/C21H24N2O8/c22-8-10(30-21-18(26)16(24)17(25)19(31-21)20(27)28)9-29-14-7-3-6-13-15(14)11-4-1-2-5-12(11)23-13/h1-7,10,16-19,21,23-26H,8-9,22H2,(H,27,28)/t10-,16-,17-,18+,19-,21+/m0/s1. The van der Waals surface area contributed by atoms with E-state index in [1.54, 1.807) is 0 Å². The third-order valence-electron chi connectivity index (χ3n) is 5.32. The molecular formula is C21H24N2O8. The van der Waals surface area contributed by atoms with Gasteiger partial charge in [-0.3, -0.25) is 0 Å². The van der Waals surface area contributed by atoms with Crippen molar-refractivity contribution in [1.29, 1.82) is 0 Å². The minimum Gasteiger partial charge on any atom is -0.490 e. The number of nitrogens with two attached hydrogens (primary N) is 1. The average molecular weight is 432 g/mol. The predicted molar refractivity (Wildman–Crippen MR) is 110 cm³/mol. The molecule has 0 amide bonds. The number of aliphatic hydroxyl groups is 3. The lowest BCUT2D eigenvalue weighted by Crippen LogP contribution is -2.61. The number of carboxylic acid groups (broad SMARTS) is 1. The third kappa shape index (κ3) is 4.09. The highest BCUT2D eigenvalue weighted by Gasteiger charge is 2.48. The summed E-state index contributed by atoms with van der Waals surface area (Å²) in [5, 5.41) is 40.9. The van der Waals surface area contributed by atoms with Crippen molar-refractivity contribution < 1.29 is 39.4 Å². The maximum atomic E-state index is 11.2. The molecule has 0 unspecified atom stereocenters. The first-order chi connectivity index (χ1) is 14.9. The molecule has 0 aliphatic carbocycles. The molecule has 1 fully saturated rings. The van der Waals surface area contributed by atoms with Gasteiger partial charge < -0.3 is 45.4 Å². The Morgan fingerprint density at radius 1 is 1.06 bits per heavy atom. The summed E-state index contributed by atoms with van der Waals surface area (Å²) >= 11 is 0. The summed E-state index contributed by atoms with van der Waals surface area (Å²) in [6, 6.07) is 13.4. The second-order valence-corrected chi connectivity index (χ2v) is 7.39. The molecule has 0 bridgehead atoms. The van der Waals surface area contributed by atoms with Crippen molar-refractivity contribution >= 4 is 27.8 Å². The van der Waals surface area contributed by atoms with Gasteiger partial charge in [0, 0.05) is 22.8 Å². The number of aromatic nitrogens is 1. The number of aliphatic hydroxyl groups excluding tert-OH is 3. The summed E-state index contributed by atoms with van der Waals surface area (Å²) in [5.74, 6) is -0.889. The largest absolute Gasteiger partial charge is 0.490 e. The number of benzene rings is 2. The van der Waals surface area contributed by atoms with Crippen molar-refractivity contribution in [2.45, 2.75) is 36.8 Å². The van der Waals surface area contributed by atoms with Gasteiger partial charge in [0.15, 0.2) is 12.4 Å². The number of ether oxygens (including phenoxy) is 3. The summed E-state index contributed by atoms with van der Waals surface area (Å²) in [6.07, 6.45) is -9.23. The molecule has 0 spiro atoms. The fourth-order valence-corrected chi connectivity index (χ4v) is 3.69. The molecule has 31 heavy (non-hydrogen) atoms. The van der Waals surface area contributed by atoms with Gasteiger partial charge in [0.05, 0.1) is 5.52 Å². The number of H-pyrrole nitrogens is 1. The molecule has 0 radical (unpaired) electrons. The van der Waals surface area contributed by atoms with Crippen LogP contribution in [0.4, 0.5) is 0 Å². The number of hydrogen-bond donors (Lipinski definition) is 6. The molecule has 6 atom stereocenters. The van der Waals surface area contributed by atoms with Crippen molar-refractivity contribution in [3.8, 4) is 5.75 Å². The van der Waals surface area contributed by atoms with Crippen LogP contribution in [0.25, 0.3) is 21.8 Å². The number of rotatable bonds is 7. The van der Waals surface area contributed by atoms with E-state index in [-0.39, 0.29) is 13.2 Å². The highest BCUT2D eigenvalue weighted by Crippen LogP contribution is 2.33. The molecule has 1 aliphatic heterocycles. The lowest BCUT2D eigenvalue weighted by Gasteiger charge is -2.39. The molecule has 0 saturated carbocycles. The summed E-state index contributed by atoms with van der Waals surface area (Å²) in [7, 11) is 0. The van der Waals surface area contributed by atoms with Gasteiger partial charge in [-0.05, 0) is 18.2 Å². The van der Waals surface area contributed by atoms with E-state index in [0.717, 1.165) is 21.8 Å². The van der Waals surface area contributed by atoms with Crippen LogP contribution in [0.1, 0.15) is 0 Å². The van der Waals surface area contributed by atoms with Crippen molar-refractivity contribution in [3.63, 3.8) is 0 Å². The van der Waals surface area contributed by atoms with Gasteiger partial charge in [-0.15, -0.1) is 0 Å². The van der Waals surface area contributed by atoms with Gasteiger partial charge in [0.25, 0.3) is 0 Å². The van der Waals surface area contributed by atoms with Crippen LogP contribution in [-0.4, -0.2) is 81.3 Å². The minimum absolute atomic E-state index is 0.0158. The molecule has 1 saturated heterocycles. The maximum Gasteiger partial charge on any atom is 0.335 e. The molecule has 2 aromatic carbocycles. The zero-order chi connectivity index (χ0) is 22.1. The molecule has 1 aromatic heterocycles. The van der Waals surface area contributed by atoms with Crippen molar-refractivity contribution in [1.82, 2.24) is 4.98 Å². The molecule has 10 heteroatoms. The average Bonchev–Trinajstić information content (AvgIpc) is 3.15. The number of aromatic amines is 1. The third-order valence-corrected chi connectivity index (χ3v) is 5.32. The molecule has 4 rings (SSSR count). The fourth-order valence-electron chi connectivity index (χ4n) is 3.69. The van der Waals surface area contributed by atoms with E-state index >= 15 is 0 Å². The Kier molecular flexibility index (Phi) is 6.10. The van der Waals surface area contributed by atoms with Crippen molar-refractivity contribution in [2.24, 2.45) is 5.73 Å². The van der Waals surface area contributed by atoms with Crippen LogP contribution in [0, 0.1) is 0 Å². The first-order valence-corrected chi connectivity index (χ1v) is 9.81. The Morgan fingerprint density at radius 3 is 2.55 bits per heavy atom. The minimum atomic E-state index is -1.79. The Hall–Kier alpha value is -2.73. The van der Waals surface area contributed by atoms with Crippen LogP contribution in [0.15, 0.2) is 42.5 Å². The quantitative estimate of drug-likeness (QED) is 0.299. The first kappa shape index (κ1) is 21.5. The zero-order valence-electron chi connectivity index (χ0n) is 16.4. The monoisotopic (exact) mass is 432 g/mol.